The molecule has 1 aromatic carbocycles. The average molecular weight is 335 g/mol. The molecule has 0 fully saturated rings. The Morgan fingerprint density at radius 2 is 1.85 bits per heavy atom. The number of hydrogen-bond acceptors (Lipinski definition) is 3. The molecule has 0 aliphatic rings. The van der Waals surface area contributed by atoms with Crippen molar-refractivity contribution in [2.24, 2.45) is 0 Å². The maximum atomic E-state index is 11.7. The summed E-state index contributed by atoms with van der Waals surface area (Å²) < 4.78 is 4.95. The van der Waals surface area contributed by atoms with Crippen LogP contribution in [0.1, 0.15) is 22.2 Å². The molecule has 106 valence electrons. The summed E-state index contributed by atoms with van der Waals surface area (Å²) in [7, 11) is 0. The highest BCUT2D eigenvalue weighted by Crippen LogP contribution is 2.29. The zero-order chi connectivity index (χ0) is 14.7. The molecule has 2 aromatic rings. The maximum Gasteiger partial charge on any atom is 0.287 e. The molecule has 4 nitrogen and oxygen atoms in total. The van der Waals surface area contributed by atoms with Crippen LogP contribution in [0.2, 0.25) is 15.3 Å². The summed E-state index contributed by atoms with van der Waals surface area (Å²) in [6.45, 7) is -0.0550. The normalized spacial score (nSPS) is 12.2. The summed E-state index contributed by atoms with van der Waals surface area (Å²) >= 11 is 17.5. The molecule has 0 aliphatic heterocycles. The number of halogens is 3. The molecule has 7 heteroatoms. The molecule has 1 heterocycles. The van der Waals surface area contributed by atoms with Crippen LogP contribution in [0.5, 0.6) is 0 Å². The van der Waals surface area contributed by atoms with Crippen LogP contribution in [0, 0.1) is 0 Å². The van der Waals surface area contributed by atoms with Crippen LogP contribution in [-0.2, 0) is 0 Å². The second-order valence-electron chi connectivity index (χ2n) is 3.96. The van der Waals surface area contributed by atoms with E-state index in [0.717, 1.165) is 0 Å². The summed E-state index contributed by atoms with van der Waals surface area (Å²) in [5, 5.41) is 13.3. The number of aliphatic hydroxyl groups is 1. The van der Waals surface area contributed by atoms with Gasteiger partial charge in [-0.15, -0.1) is 0 Å². The first kappa shape index (κ1) is 15.2. The van der Waals surface area contributed by atoms with Gasteiger partial charge < -0.3 is 14.8 Å². The Balaban J connectivity index is 2.02. The van der Waals surface area contributed by atoms with E-state index in [1.807, 2.05) is 0 Å². The summed E-state index contributed by atoms with van der Waals surface area (Å²) in [6, 6.07) is 7.79. The van der Waals surface area contributed by atoms with E-state index in [9.17, 15) is 9.90 Å². The van der Waals surface area contributed by atoms with Crippen LogP contribution in [0.25, 0.3) is 0 Å². The van der Waals surface area contributed by atoms with Gasteiger partial charge in [0.05, 0.1) is 6.10 Å². The summed E-state index contributed by atoms with van der Waals surface area (Å²) in [5.74, 6) is -0.424. The molecule has 2 rings (SSSR count). The Hall–Kier alpha value is -1.20. The van der Waals surface area contributed by atoms with Crippen LogP contribution < -0.4 is 5.32 Å². The summed E-state index contributed by atoms with van der Waals surface area (Å²) in [5.41, 5.74) is 0.369. The van der Waals surface area contributed by atoms with E-state index in [-0.39, 0.29) is 17.5 Å². The molecule has 20 heavy (non-hydrogen) atoms. The zero-order valence-corrected chi connectivity index (χ0v) is 12.3. The fourth-order valence-electron chi connectivity index (χ4n) is 1.64. The number of benzene rings is 1. The third-order valence-corrected chi connectivity index (χ3v) is 3.45. The van der Waals surface area contributed by atoms with Crippen LogP contribution in [0.15, 0.2) is 34.7 Å². The Labute approximate surface area is 130 Å². The minimum atomic E-state index is -1.02. The molecule has 0 radical (unpaired) electrons. The van der Waals surface area contributed by atoms with E-state index in [0.29, 0.717) is 15.6 Å². The van der Waals surface area contributed by atoms with Gasteiger partial charge in [0.2, 0.25) is 0 Å². The van der Waals surface area contributed by atoms with Crippen LogP contribution >= 0.6 is 34.8 Å². The SMILES string of the molecule is O=C(NCC(O)c1c(Cl)cccc1Cl)c1ccc(Cl)o1. The molecule has 0 saturated heterocycles. The van der Waals surface area contributed by atoms with Crippen molar-refractivity contribution in [3.05, 3.63) is 56.9 Å². The highest BCUT2D eigenvalue weighted by Gasteiger charge is 2.17. The minimum Gasteiger partial charge on any atom is -0.440 e. The quantitative estimate of drug-likeness (QED) is 0.896. The standard InChI is InChI=1S/C13H10Cl3NO3/c14-7-2-1-3-8(15)12(7)9(18)6-17-13(19)10-4-5-11(16)20-10/h1-5,9,18H,6H2,(H,17,19). The predicted molar refractivity (Wildman–Crippen MR) is 77.5 cm³/mol. The molecular weight excluding hydrogens is 325 g/mol. The molecule has 1 unspecified atom stereocenters. The highest BCUT2D eigenvalue weighted by molar-refractivity contribution is 6.36. The predicted octanol–water partition coefficient (Wildman–Crippen LogP) is 3.70. The van der Waals surface area contributed by atoms with Crippen molar-refractivity contribution in [3.63, 3.8) is 0 Å². The summed E-state index contributed by atoms with van der Waals surface area (Å²) in [6.07, 6.45) is -1.02. The fourth-order valence-corrected chi connectivity index (χ4v) is 2.44. The van der Waals surface area contributed by atoms with Gasteiger partial charge >= 0.3 is 0 Å². The first-order valence-electron chi connectivity index (χ1n) is 5.64. The number of furan rings is 1. The van der Waals surface area contributed by atoms with E-state index in [2.05, 4.69) is 5.32 Å². The molecule has 1 amide bonds. The van der Waals surface area contributed by atoms with Crippen molar-refractivity contribution >= 4 is 40.7 Å². The minimum absolute atomic E-state index is 0.0550. The van der Waals surface area contributed by atoms with E-state index < -0.39 is 12.0 Å². The Kier molecular flexibility index (Phi) is 4.94. The van der Waals surface area contributed by atoms with Crippen LogP contribution in [0.4, 0.5) is 0 Å². The highest BCUT2D eigenvalue weighted by atomic mass is 35.5. The van der Waals surface area contributed by atoms with Crippen molar-refractivity contribution in [1.82, 2.24) is 5.32 Å². The molecule has 0 saturated carbocycles. The largest absolute Gasteiger partial charge is 0.440 e. The van der Waals surface area contributed by atoms with Crippen molar-refractivity contribution in [2.45, 2.75) is 6.10 Å². The number of carbonyl (C=O) groups excluding carboxylic acids is 1. The molecule has 1 aromatic heterocycles. The van der Waals surface area contributed by atoms with E-state index >= 15 is 0 Å². The molecule has 1 atom stereocenters. The van der Waals surface area contributed by atoms with E-state index in [1.165, 1.54) is 12.1 Å². The van der Waals surface area contributed by atoms with Crippen molar-refractivity contribution in [3.8, 4) is 0 Å². The number of amides is 1. The lowest BCUT2D eigenvalue weighted by atomic mass is 10.1. The van der Waals surface area contributed by atoms with Gasteiger partial charge in [0, 0.05) is 22.2 Å². The van der Waals surface area contributed by atoms with E-state index in [1.54, 1.807) is 18.2 Å². The molecule has 0 bridgehead atoms. The molecular formula is C13H10Cl3NO3. The second-order valence-corrected chi connectivity index (χ2v) is 5.15. The summed E-state index contributed by atoms with van der Waals surface area (Å²) in [4.78, 5) is 11.7. The first-order chi connectivity index (χ1) is 9.49. The number of hydrogen-bond donors (Lipinski definition) is 2. The van der Waals surface area contributed by atoms with Crippen molar-refractivity contribution in [2.75, 3.05) is 6.54 Å². The maximum absolute atomic E-state index is 11.7. The molecule has 0 aliphatic carbocycles. The van der Waals surface area contributed by atoms with Gasteiger partial charge in [0.1, 0.15) is 0 Å². The third-order valence-electron chi connectivity index (χ3n) is 2.59. The third kappa shape index (κ3) is 3.46. The van der Waals surface area contributed by atoms with Crippen LogP contribution in [-0.4, -0.2) is 17.6 Å². The van der Waals surface area contributed by atoms with Gasteiger partial charge in [0.15, 0.2) is 11.0 Å². The van der Waals surface area contributed by atoms with Gasteiger partial charge in [-0.1, -0.05) is 29.3 Å². The number of nitrogens with one attached hydrogen (secondary N) is 1. The van der Waals surface area contributed by atoms with E-state index in [4.69, 9.17) is 39.2 Å². The topological polar surface area (TPSA) is 62.5 Å². The van der Waals surface area contributed by atoms with Gasteiger partial charge in [0.25, 0.3) is 5.91 Å². The lowest BCUT2D eigenvalue weighted by Gasteiger charge is -2.14. The lowest BCUT2D eigenvalue weighted by molar-refractivity contribution is 0.0889. The smallest absolute Gasteiger partial charge is 0.287 e. The number of rotatable bonds is 4. The molecule has 2 N–H and O–H groups in total. The number of aliphatic hydroxyl groups excluding tert-OH is 1. The zero-order valence-electron chi connectivity index (χ0n) is 10.1. The Bertz CT molecular complexity index is 607. The van der Waals surface area contributed by atoms with Crippen LogP contribution in [0.3, 0.4) is 0 Å². The number of carbonyl (C=O) groups is 1. The lowest BCUT2D eigenvalue weighted by Crippen LogP contribution is -2.28. The van der Waals surface area contributed by atoms with Crippen molar-refractivity contribution < 1.29 is 14.3 Å². The monoisotopic (exact) mass is 333 g/mol. The molecule has 0 spiro atoms. The Morgan fingerprint density at radius 3 is 2.40 bits per heavy atom. The van der Waals surface area contributed by atoms with Gasteiger partial charge in [-0.25, -0.2) is 0 Å². The van der Waals surface area contributed by atoms with Gasteiger partial charge in [-0.3, -0.25) is 4.79 Å². The van der Waals surface area contributed by atoms with Gasteiger partial charge in [-0.05, 0) is 35.9 Å². The van der Waals surface area contributed by atoms with Crippen molar-refractivity contribution in [1.29, 1.82) is 0 Å². The second kappa shape index (κ2) is 6.50. The van der Waals surface area contributed by atoms with Gasteiger partial charge in [-0.2, -0.15) is 0 Å². The first-order valence-corrected chi connectivity index (χ1v) is 6.78. The fraction of sp³-hybridized carbons (Fsp3) is 0.154. The average Bonchev–Trinajstić information content (AvgIpc) is 2.82. The Morgan fingerprint density at radius 1 is 1.20 bits per heavy atom.